The maximum Gasteiger partial charge on any atom is 0.513 e. The van der Waals surface area contributed by atoms with Crippen LogP contribution < -0.4 is 4.74 Å². The Morgan fingerprint density at radius 1 is 1.45 bits per heavy atom. The number of ether oxygens (including phenoxy) is 2. The molecule has 0 N–H and O–H groups in total. The normalized spacial score (nSPS) is 8.82. The summed E-state index contributed by atoms with van der Waals surface area (Å²) in [5.74, 6) is 0.454. The first-order chi connectivity index (χ1) is 5.33. The summed E-state index contributed by atoms with van der Waals surface area (Å²) in [6.45, 7) is 0. The quantitative estimate of drug-likeness (QED) is 0.452. The van der Waals surface area contributed by atoms with Crippen molar-refractivity contribution in [3.05, 3.63) is 30.3 Å². The average Bonchev–Trinajstić information content (AvgIpc) is 2.06. The summed E-state index contributed by atoms with van der Waals surface area (Å²) in [5, 5.41) is 0. The maximum absolute atomic E-state index is 10.5. The number of hydrogen-bond donors (Lipinski definition) is 0. The molecule has 1 rings (SSSR count). The fraction of sp³-hybridized carbons (Fsp3) is 0.125. The first kappa shape index (κ1) is 7.60. The molecule has 1 aromatic rings. The molecule has 11 heavy (non-hydrogen) atoms. The lowest BCUT2D eigenvalue weighted by Gasteiger charge is -1.99. The SMILES string of the molecule is COC(=O)Oc1cc[c]cc1. The molecule has 0 fully saturated rings. The van der Waals surface area contributed by atoms with Gasteiger partial charge < -0.3 is 9.47 Å². The van der Waals surface area contributed by atoms with Crippen molar-refractivity contribution in [3.8, 4) is 5.75 Å². The molecule has 0 bridgehead atoms. The molecule has 0 unspecified atom stereocenters. The van der Waals surface area contributed by atoms with E-state index in [0.717, 1.165) is 0 Å². The van der Waals surface area contributed by atoms with Crippen molar-refractivity contribution in [2.75, 3.05) is 7.11 Å². The van der Waals surface area contributed by atoms with Gasteiger partial charge in [0.1, 0.15) is 5.75 Å². The third kappa shape index (κ3) is 2.29. The van der Waals surface area contributed by atoms with E-state index in [0.29, 0.717) is 5.75 Å². The molecule has 0 saturated carbocycles. The van der Waals surface area contributed by atoms with E-state index in [1.54, 1.807) is 24.3 Å². The van der Waals surface area contributed by atoms with Crippen molar-refractivity contribution < 1.29 is 14.3 Å². The summed E-state index contributed by atoms with van der Waals surface area (Å²) in [6, 6.07) is 9.34. The molecule has 0 atom stereocenters. The lowest BCUT2D eigenvalue weighted by molar-refractivity contribution is 0.121. The van der Waals surface area contributed by atoms with Crippen LogP contribution in [0, 0.1) is 6.07 Å². The molecule has 0 amide bonds. The highest BCUT2D eigenvalue weighted by molar-refractivity contribution is 5.63. The van der Waals surface area contributed by atoms with Crippen molar-refractivity contribution in [1.82, 2.24) is 0 Å². The third-order valence-electron chi connectivity index (χ3n) is 1.06. The Hall–Kier alpha value is -1.51. The summed E-state index contributed by atoms with van der Waals surface area (Å²) in [4.78, 5) is 10.5. The number of carbonyl (C=O) groups is 1. The van der Waals surface area contributed by atoms with Crippen LogP contribution in [0.2, 0.25) is 0 Å². The van der Waals surface area contributed by atoms with Crippen LogP contribution in [-0.4, -0.2) is 13.3 Å². The summed E-state index contributed by atoms with van der Waals surface area (Å²) in [5.41, 5.74) is 0. The van der Waals surface area contributed by atoms with Crippen molar-refractivity contribution in [2.45, 2.75) is 0 Å². The Kier molecular flexibility index (Phi) is 2.49. The van der Waals surface area contributed by atoms with E-state index in [-0.39, 0.29) is 0 Å². The van der Waals surface area contributed by atoms with Gasteiger partial charge in [0.15, 0.2) is 0 Å². The second kappa shape index (κ2) is 3.61. The summed E-state index contributed by atoms with van der Waals surface area (Å²) in [7, 11) is 1.26. The second-order valence-electron chi connectivity index (χ2n) is 1.79. The number of carbonyl (C=O) groups excluding carboxylic acids is 1. The van der Waals surface area contributed by atoms with Crippen LogP contribution in [0.3, 0.4) is 0 Å². The number of benzene rings is 1. The molecule has 1 radical (unpaired) electrons. The van der Waals surface area contributed by atoms with Crippen molar-refractivity contribution >= 4 is 6.16 Å². The number of rotatable bonds is 1. The van der Waals surface area contributed by atoms with E-state index in [9.17, 15) is 4.79 Å². The molecule has 0 aliphatic rings. The molecular formula is C8H7O3. The summed E-state index contributed by atoms with van der Waals surface area (Å²) >= 11 is 0. The molecule has 0 aliphatic carbocycles. The van der Waals surface area contributed by atoms with Crippen molar-refractivity contribution in [3.63, 3.8) is 0 Å². The Labute approximate surface area is 64.5 Å². The van der Waals surface area contributed by atoms with Crippen LogP contribution in [0.5, 0.6) is 5.75 Å². The lowest BCUT2D eigenvalue weighted by Crippen LogP contribution is -2.06. The average molecular weight is 151 g/mol. The standard InChI is InChI=1S/C8H7O3/c1-10-8(9)11-7-5-3-2-4-6-7/h3-6H,1H3. The molecule has 57 valence electrons. The maximum atomic E-state index is 10.5. The first-order valence-corrected chi connectivity index (χ1v) is 3.05. The molecule has 3 heteroatoms. The van der Waals surface area contributed by atoms with Gasteiger partial charge in [0.05, 0.1) is 7.11 Å². The largest absolute Gasteiger partial charge is 0.513 e. The van der Waals surface area contributed by atoms with Gasteiger partial charge in [-0.2, -0.15) is 0 Å². The first-order valence-electron chi connectivity index (χ1n) is 3.05. The fourth-order valence-electron chi connectivity index (χ4n) is 0.578. The van der Waals surface area contributed by atoms with Crippen LogP contribution in [0.4, 0.5) is 4.79 Å². The highest BCUT2D eigenvalue weighted by Gasteiger charge is 2.00. The van der Waals surface area contributed by atoms with Crippen LogP contribution in [0.15, 0.2) is 24.3 Å². The van der Waals surface area contributed by atoms with Crippen molar-refractivity contribution in [2.24, 2.45) is 0 Å². The van der Waals surface area contributed by atoms with Gasteiger partial charge >= 0.3 is 6.16 Å². The zero-order chi connectivity index (χ0) is 8.10. The van der Waals surface area contributed by atoms with Gasteiger partial charge in [-0.05, 0) is 18.2 Å². The van der Waals surface area contributed by atoms with E-state index >= 15 is 0 Å². The molecule has 0 spiro atoms. The lowest BCUT2D eigenvalue weighted by atomic mass is 10.3. The van der Waals surface area contributed by atoms with Gasteiger partial charge in [-0.15, -0.1) is 0 Å². The summed E-state index contributed by atoms with van der Waals surface area (Å²) in [6.07, 6.45) is -0.712. The van der Waals surface area contributed by atoms with Crippen LogP contribution in [0.25, 0.3) is 0 Å². The minimum absolute atomic E-state index is 0.454. The molecule has 1 aromatic carbocycles. The van der Waals surface area contributed by atoms with Gasteiger partial charge in [0.2, 0.25) is 0 Å². The van der Waals surface area contributed by atoms with Gasteiger partial charge in [-0.25, -0.2) is 4.79 Å². The molecule has 3 nitrogen and oxygen atoms in total. The minimum Gasteiger partial charge on any atom is -0.437 e. The Morgan fingerprint density at radius 2 is 2.09 bits per heavy atom. The number of hydrogen-bond acceptors (Lipinski definition) is 3. The molecule has 0 aliphatic heterocycles. The third-order valence-corrected chi connectivity index (χ3v) is 1.06. The van der Waals surface area contributed by atoms with Crippen LogP contribution in [-0.2, 0) is 4.74 Å². The molecule has 0 heterocycles. The van der Waals surface area contributed by atoms with Crippen LogP contribution in [0.1, 0.15) is 0 Å². The summed E-state index contributed by atoms with van der Waals surface area (Å²) < 4.78 is 8.97. The Balaban J connectivity index is 2.58. The number of methoxy groups -OCH3 is 1. The van der Waals surface area contributed by atoms with E-state index in [2.05, 4.69) is 15.5 Å². The van der Waals surface area contributed by atoms with Gasteiger partial charge in [0.25, 0.3) is 0 Å². The van der Waals surface area contributed by atoms with Gasteiger partial charge in [0, 0.05) is 0 Å². The zero-order valence-corrected chi connectivity index (χ0v) is 6.03. The fourth-order valence-corrected chi connectivity index (χ4v) is 0.578. The Morgan fingerprint density at radius 3 is 2.64 bits per heavy atom. The van der Waals surface area contributed by atoms with Gasteiger partial charge in [-0.3, -0.25) is 0 Å². The molecular weight excluding hydrogens is 144 g/mol. The predicted molar refractivity (Wildman–Crippen MR) is 38.3 cm³/mol. The smallest absolute Gasteiger partial charge is 0.437 e. The van der Waals surface area contributed by atoms with Gasteiger partial charge in [-0.1, -0.05) is 12.1 Å². The zero-order valence-electron chi connectivity index (χ0n) is 6.03. The van der Waals surface area contributed by atoms with Crippen LogP contribution >= 0.6 is 0 Å². The van der Waals surface area contributed by atoms with E-state index in [1.165, 1.54) is 7.11 Å². The van der Waals surface area contributed by atoms with E-state index in [1.807, 2.05) is 0 Å². The minimum atomic E-state index is -0.712. The predicted octanol–water partition coefficient (Wildman–Crippen LogP) is 1.63. The highest BCUT2D eigenvalue weighted by Crippen LogP contribution is 2.08. The second-order valence-corrected chi connectivity index (χ2v) is 1.79. The highest BCUT2D eigenvalue weighted by atomic mass is 16.7. The Bertz CT molecular complexity index is 230. The molecule has 0 aromatic heterocycles. The topological polar surface area (TPSA) is 35.5 Å². The monoisotopic (exact) mass is 151 g/mol. The van der Waals surface area contributed by atoms with Crippen molar-refractivity contribution in [1.29, 1.82) is 0 Å². The molecule has 0 saturated heterocycles. The van der Waals surface area contributed by atoms with E-state index < -0.39 is 6.16 Å². The van der Waals surface area contributed by atoms with E-state index in [4.69, 9.17) is 0 Å².